The summed E-state index contributed by atoms with van der Waals surface area (Å²) in [6.07, 6.45) is 6.83. The predicted octanol–water partition coefficient (Wildman–Crippen LogP) is 3.60. The maximum atomic E-state index is 5.86. The molecule has 0 unspecified atom stereocenters. The maximum absolute atomic E-state index is 5.86. The highest BCUT2D eigenvalue weighted by Crippen LogP contribution is 2.32. The van der Waals surface area contributed by atoms with Crippen molar-refractivity contribution in [2.24, 2.45) is 5.92 Å². The highest BCUT2D eigenvalue weighted by Gasteiger charge is 2.18. The van der Waals surface area contributed by atoms with Crippen LogP contribution in [-0.2, 0) is 0 Å². The number of rotatable bonds is 3. The first-order valence-electron chi connectivity index (χ1n) is 7.38. The Labute approximate surface area is 124 Å². The molecule has 3 rings (SSSR count). The maximum Gasteiger partial charge on any atom is 0.223 e. The molecule has 5 heteroatoms. The van der Waals surface area contributed by atoms with Crippen molar-refractivity contribution in [1.29, 1.82) is 0 Å². The van der Waals surface area contributed by atoms with Crippen LogP contribution < -0.4 is 10.6 Å². The Morgan fingerprint density at radius 3 is 2.80 bits per heavy atom. The minimum atomic E-state index is 0.379. The van der Waals surface area contributed by atoms with Crippen molar-refractivity contribution in [2.75, 3.05) is 24.2 Å². The van der Waals surface area contributed by atoms with Gasteiger partial charge < -0.3 is 10.6 Å². The monoisotopic (exact) mass is 290 g/mol. The minimum Gasteiger partial charge on any atom is -0.368 e. The summed E-state index contributed by atoms with van der Waals surface area (Å²) in [6, 6.07) is 2.17. The van der Waals surface area contributed by atoms with E-state index in [4.69, 9.17) is 5.73 Å². The lowest BCUT2D eigenvalue weighted by Crippen LogP contribution is -2.27. The zero-order valence-electron chi connectivity index (χ0n) is 12.2. The van der Waals surface area contributed by atoms with Crippen LogP contribution in [0.3, 0.4) is 0 Å². The average molecular weight is 290 g/mol. The van der Waals surface area contributed by atoms with Crippen molar-refractivity contribution in [3.05, 3.63) is 10.9 Å². The molecule has 2 N–H and O–H groups in total. The second-order valence-electron chi connectivity index (χ2n) is 5.87. The Morgan fingerprint density at radius 1 is 1.30 bits per heavy atom. The third kappa shape index (κ3) is 2.73. The largest absolute Gasteiger partial charge is 0.368 e. The van der Waals surface area contributed by atoms with Gasteiger partial charge in [-0.2, -0.15) is 4.98 Å². The fraction of sp³-hybridized carbons (Fsp3) is 0.600. The molecular weight excluding hydrogens is 268 g/mol. The number of hydrogen-bond acceptors (Lipinski definition) is 5. The number of aromatic nitrogens is 2. The Balaban J connectivity index is 1.87. The zero-order valence-corrected chi connectivity index (χ0v) is 13.0. The summed E-state index contributed by atoms with van der Waals surface area (Å²) in [4.78, 5) is 13.3. The van der Waals surface area contributed by atoms with Gasteiger partial charge in [-0.05, 0) is 31.7 Å². The minimum absolute atomic E-state index is 0.379. The SMILES string of the molecule is Cc1cc2c(N(C)CC3CCCCC3)nc(N)nc2s1. The summed E-state index contributed by atoms with van der Waals surface area (Å²) in [7, 11) is 2.13. The molecule has 2 aromatic rings. The van der Waals surface area contributed by atoms with E-state index in [1.807, 2.05) is 0 Å². The van der Waals surface area contributed by atoms with Gasteiger partial charge in [0.25, 0.3) is 0 Å². The van der Waals surface area contributed by atoms with E-state index in [-0.39, 0.29) is 0 Å². The number of thiophene rings is 1. The van der Waals surface area contributed by atoms with Crippen molar-refractivity contribution in [2.45, 2.75) is 39.0 Å². The van der Waals surface area contributed by atoms with Crippen LogP contribution in [-0.4, -0.2) is 23.6 Å². The van der Waals surface area contributed by atoms with E-state index in [9.17, 15) is 0 Å². The summed E-state index contributed by atoms with van der Waals surface area (Å²) in [5, 5.41) is 1.14. The van der Waals surface area contributed by atoms with Gasteiger partial charge in [-0.1, -0.05) is 19.3 Å². The standard InChI is InChI=1S/C15H22N4S/c1-10-8-12-13(17-15(16)18-14(12)20-10)19(2)9-11-6-4-3-5-7-11/h8,11H,3-7,9H2,1-2H3,(H2,16,17,18). The van der Waals surface area contributed by atoms with Gasteiger partial charge in [-0.15, -0.1) is 11.3 Å². The van der Waals surface area contributed by atoms with E-state index in [1.165, 1.54) is 37.0 Å². The van der Waals surface area contributed by atoms with Gasteiger partial charge in [0.05, 0.1) is 5.39 Å². The molecule has 0 atom stereocenters. The molecule has 0 aliphatic heterocycles. The normalized spacial score (nSPS) is 16.7. The van der Waals surface area contributed by atoms with Crippen molar-refractivity contribution >= 4 is 33.3 Å². The van der Waals surface area contributed by atoms with E-state index in [0.29, 0.717) is 5.95 Å². The summed E-state index contributed by atoms with van der Waals surface area (Å²) >= 11 is 1.69. The Kier molecular flexibility index (Phi) is 3.78. The zero-order chi connectivity index (χ0) is 14.1. The molecule has 0 radical (unpaired) electrons. The average Bonchev–Trinajstić information content (AvgIpc) is 2.78. The molecule has 1 aliphatic carbocycles. The Bertz CT molecular complexity index is 601. The quantitative estimate of drug-likeness (QED) is 0.938. The van der Waals surface area contributed by atoms with Gasteiger partial charge in [0.1, 0.15) is 10.6 Å². The lowest BCUT2D eigenvalue weighted by molar-refractivity contribution is 0.362. The predicted molar refractivity (Wildman–Crippen MR) is 86.4 cm³/mol. The van der Waals surface area contributed by atoms with E-state index >= 15 is 0 Å². The van der Waals surface area contributed by atoms with E-state index in [2.05, 4.69) is 34.9 Å². The number of hydrogen-bond donors (Lipinski definition) is 1. The molecule has 0 saturated heterocycles. The highest BCUT2D eigenvalue weighted by molar-refractivity contribution is 7.18. The van der Waals surface area contributed by atoms with Crippen LogP contribution in [0.4, 0.5) is 11.8 Å². The first kappa shape index (κ1) is 13.6. The van der Waals surface area contributed by atoms with Gasteiger partial charge in [0, 0.05) is 18.5 Å². The number of nitrogens with two attached hydrogens (primary N) is 1. The Morgan fingerprint density at radius 2 is 2.05 bits per heavy atom. The van der Waals surface area contributed by atoms with Gasteiger partial charge in [-0.3, -0.25) is 0 Å². The fourth-order valence-corrected chi connectivity index (χ4v) is 4.06. The molecule has 0 bridgehead atoms. The molecule has 0 spiro atoms. The number of nitrogens with zero attached hydrogens (tertiary/aromatic N) is 3. The lowest BCUT2D eigenvalue weighted by atomic mass is 9.89. The van der Waals surface area contributed by atoms with Gasteiger partial charge >= 0.3 is 0 Å². The molecule has 1 saturated carbocycles. The molecule has 0 aromatic carbocycles. The van der Waals surface area contributed by atoms with Gasteiger partial charge in [0.15, 0.2) is 0 Å². The number of anilines is 2. The molecule has 2 heterocycles. The molecule has 20 heavy (non-hydrogen) atoms. The highest BCUT2D eigenvalue weighted by atomic mass is 32.1. The van der Waals surface area contributed by atoms with Crippen LogP contribution in [0.1, 0.15) is 37.0 Å². The molecule has 2 aromatic heterocycles. The molecule has 108 valence electrons. The van der Waals surface area contributed by atoms with Crippen molar-refractivity contribution < 1.29 is 0 Å². The molecular formula is C15H22N4S. The first-order chi connectivity index (χ1) is 9.63. The summed E-state index contributed by atoms with van der Waals surface area (Å²) in [5.74, 6) is 2.16. The van der Waals surface area contributed by atoms with Crippen molar-refractivity contribution in [3.63, 3.8) is 0 Å². The van der Waals surface area contributed by atoms with Gasteiger partial charge in [-0.25, -0.2) is 4.98 Å². The van der Waals surface area contributed by atoms with Crippen LogP contribution in [0.15, 0.2) is 6.07 Å². The van der Waals surface area contributed by atoms with Crippen LogP contribution in [0.2, 0.25) is 0 Å². The third-order valence-corrected chi connectivity index (χ3v) is 5.08. The Hall–Kier alpha value is -1.36. The van der Waals surface area contributed by atoms with E-state index < -0.39 is 0 Å². The van der Waals surface area contributed by atoms with Crippen LogP contribution in [0.25, 0.3) is 10.2 Å². The smallest absolute Gasteiger partial charge is 0.223 e. The lowest BCUT2D eigenvalue weighted by Gasteiger charge is -2.28. The van der Waals surface area contributed by atoms with Gasteiger partial charge in [0.2, 0.25) is 5.95 Å². The molecule has 0 amide bonds. The summed E-state index contributed by atoms with van der Waals surface area (Å²) < 4.78 is 0. The third-order valence-electron chi connectivity index (χ3n) is 4.13. The summed E-state index contributed by atoms with van der Waals surface area (Å²) in [5.41, 5.74) is 5.86. The van der Waals surface area contributed by atoms with Crippen molar-refractivity contribution in [3.8, 4) is 0 Å². The topological polar surface area (TPSA) is 55.0 Å². The van der Waals surface area contributed by atoms with Crippen LogP contribution in [0, 0.1) is 12.8 Å². The number of nitrogen functional groups attached to an aromatic ring is 1. The van der Waals surface area contributed by atoms with Crippen LogP contribution in [0.5, 0.6) is 0 Å². The molecule has 1 aliphatic rings. The molecule has 4 nitrogen and oxygen atoms in total. The fourth-order valence-electron chi connectivity index (χ4n) is 3.18. The van der Waals surface area contributed by atoms with Crippen molar-refractivity contribution in [1.82, 2.24) is 9.97 Å². The van der Waals surface area contributed by atoms with Crippen LogP contribution >= 0.6 is 11.3 Å². The second-order valence-corrected chi connectivity index (χ2v) is 7.10. The van der Waals surface area contributed by atoms with E-state index in [0.717, 1.165) is 28.5 Å². The second kappa shape index (κ2) is 5.56. The summed E-state index contributed by atoms with van der Waals surface area (Å²) in [6.45, 7) is 3.17. The molecule has 1 fully saturated rings. The van der Waals surface area contributed by atoms with E-state index in [1.54, 1.807) is 11.3 Å². The number of aryl methyl sites for hydroxylation is 1. The number of fused-ring (bicyclic) bond motifs is 1. The first-order valence-corrected chi connectivity index (χ1v) is 8.20.